The lowest BCUT2D eigenvalue weighted by molar-refractivity contribution is -0.870. The highest BCUT2D eigenvalue weighted by molar-refractivity contribution is 5.71. The lowest BCUT2D eigenvalue weighted by atomic mass is 10.0. The first kappa shape index (κ1) is 93.7. The van der Waals surface area contributed by atoms with Crippen molar-refractivity contribution in [2.24, 2.45) is 0 Å². The molecular weight excluding hydrogens is 1210 g/mol. The van der Waals surface area contributed by atoms with Crippen molar-refractivity contribution < 1.29 is 42.9 Å². The van der Waals surface area contributed by atoms with Gasteiger partial charge in [0.25, 0.3) is 6.29 Å². The summed E-state index contributed by atoms with van der Waals surface area (Å²) < 4.78 is 23.0. The fraction of sp³-hybridized carbons (Fsp3) is 0.742. The van der Waals surface area contributed by atoms with Crippen LogP contribution in [-0.2, 0) is 33.3 Å². The highest BCUT2D eigenvalue weighted by atomic mass is 16.7. The molecule has 2 unspecified atom stereocenters. The summed E-state index contributed by atoms with van der Waals surface area (Å²) in [7, 11) is 5.97. The van der Waals surface area contributed by atoms with Gasteiger partial charge in [0, 0.05) is 12.8 Å². The fourth-order valence-electron chi connectivity index (χ4n) is 11.8. The molecule has 0 aromatic carbocycles. The maximum Gasteiger partial charge on any atom is 0.361 e. The molecule has 0 saturated carbocycles. The molecule has 1 N–H and O–H groups in total. The molecule has 0 fully saturated rings. The standard InChI is InChI=1S/C89H155NO8/c1-6-8-10-12-14-16-18-20-22-24-26-28-30-32-34-36-38-40-42-43-44-46-47-49-51-53-55-57-59-61-63-65-67-69-71-73-75-77-79-86(91)96-83-85(84-97-89(88(93)94)95-82-81-90(3,4)5)98-87(92)80-78-76-74-72-70-68-66-64-62-60-58-56-54-52-50-48-45-41-39-37-35-33-31-29-27-25-23-21-19-17-15-13-11-9-7-2/h9,11,15,17,21,23,27,29,33,35,39,41,48,50,54,56,60,62,66,68,85,89H,6-8,10,12-14,16,18-20,22,24-26,28,30-32,34,36-38,40,42-47,49,51-53,55,57-59,61,63-65,67,69-84H2,1-5H3/p+1/b11-9-,17-15-,23-21-,29-27-,35-33-,41-39-,50-48-,56-54-,62-60-,68-66-. The van der Waals surface area contributed by atoms with E-state index in [9.17, 15) is 19.5 Å². The Morgan fingerprint density at radius 2 is 0.582 bits per heavy atom. The van der Waals surface area contributed by atoms with Gasteiger partial charge in [-0.25, -0.2) is 4.79 Å². The summed E-state index contributed by atoms with van der Waals surface area (Å²) in [6.45, 7) is 4.77. The zero-order valence-electron chi connectivity index (χ0n) is 64.7. The van der Waals surface area contributed by atoms with Crippen molar-refractivity contribution in [2.45, 2.75) is 379 Å². The number of unbranched alkanes of at least 4 members (excludes halogenated alkanes) is 41. The van der Waals surface area contributed by atoms with E-state index < -0.39 is 24.3 Å². The normalized spacial score (nSPS) is 13.3. The van der Waals surface area contributed by atoms with E-state index in [0.29, 0.717) is 23.9 Å². The number of hydrogen-bond donors (Lipinski definition) is 1. The summed E-state index contributed by atoms with van der Waals surface area (Å²) in [6.07, 6.45) is 109. The molecule has 9 nitrogen and oxygen atoms in total. The number of ether oxygens (including phenoxy) is 4. The second kappa shape index (κ2) is 78.4. The van der Waals surface area contributed by atoms with E-state index in [4.69, 9.17) is 18.9 Å². The lowest BCUT2D eigenvalue weighted by Gasteiger charge is -2.25. The van der Waals surface area contributed by atoms with Crippen LogP contribution in [0.4, 0.5) is 0 Å². The van der Waals surface area contributed by atoms with Gasteiger partial charge in [0.1, 0.15) is 13.2 Å². The molecule has 0 radical (unpaired) electrons. The van der Waals surface area contributed by atoms with Crippen LogP contribution in [-0.4, -0.2) is 87.4 Å². The van der Waals surface area contributed by atoms with E-state index in [-0.39, 0.29) is 32.2 Å². The number of carboxylic acid groups (broad SMARTS) is 1. The zero-order valence-corrected chi connectivity index (χ0v) is 64.7. The molecule has 0 aromatic rings. The summed E-state index contributed by atoms with van der Waals surface area (Å²) in [6, 6.07) is 0. The molecule has 2 atom stereocenters. The van der Waals surface area contributed by atoms with Gasteiger partial charge in [0.05, 0.1) is 34.4 Å². The first-order valence-electron chi connectivity index (χ1n) is 41.2. The van der Waals surface area contributed by atoms with E-state index in [1.807, 2.05) is 21.1 Å². The molecule has 0 aliphatic heterocycles. The smallest absolute Gasteiger partial charge is 0.361 e. The van der Waals surface area contributed by atoms with Gasteiger partial charge in [-0.05, 0) is 89.9 Å². The third-order valence-corrected chi connectivity index (χ3v) is 18.0. The third kappa shape index (κ3) is 79.0. The molecule has 0 aromatic heterocycles. The Hall–Kier alpha value is -4.31. The Labute approximate surface area is 606 Å². The van der Waals surface area contributed by atoms with Gasteiger partial charge in [-0.15, -0.1) is 0 Å². The fourth-order valence-corrected chi connectivity index (χ4v) is 11.8. The topological polar surface area (TPSA) is 108 Å². The largest absolute Gasteiger partial charge is 0.477 e. The first-order chi connectivity index (χ1) is 48.1. The third-order valence-electron chi connectivity index (χ3n) is 18.0. The number of hydrogen-bond acceptors (Lipinski definition) is 7. The van der Waals surface area contributed by atoms with Crippen LogP contribution in [0.3, 0.4) is 0 Å². The van der Waals surface area contributed by atoms with Crippen LogP contribution in [0.5, 0.6) is 0 Å². The van der Waals surface area contributed by atoms with Crippen LogP contribution in [0.1, 0.15) is 367 Å². The zero-order chi connectivity index (χ0) is 71.1. The van der Waals surface area contributed by atoms with Gasteiger partial charge in [0.2, 0.25) is 0 Å². The molecule has 0 bridgehead atoms. The molecule has 0 spiro atoms. The number of esters is 2. The Morgan fingerprint density at radius 3 is 0.867 bits per heavy atom. The van der Waals surface area contributed by atoms with Crippen molar-refractivity contribution in [1.82, 2.24) is 0 Å². The van der Waals surface area contributed by atoms with Crippen molar-refractivity contribution in [3.63, 3.8) is 0 Å². The second-order valence-corrected chi connectivity index (χ2v) is 28.7. The van der Waals surface area contributed by atoms with Gasteiger partial charge in [-0.3, -0.25) is 9.59 Å². The number of quaternary nitrogens is 1. The van der Waals surface area contributed by atoms with Crippen LogP contribution < -0.4 is 0 Å². The minimum atomic E-state index is -1.53. The van der Waals surface area contributed by atoms with Gasteiger partial charge < -0.3 is 28.5 Å². The Morgan fingerprint density at radius 1 is 0.316 bits per heavy atom. The van der Waals surface area contributed by atoms with E-state index in [1.165, 1.54) is 225 Å². The van der Waals surface area contributed by atoms with E-state index in [2.05, 4.69) is 135 Å². The SMILES string of the molecule is CC/C=C\C/C=C\C/C=C\C/C=C\C/C=C\C/C=C\C/C=C\C/C=C\C/C=C\C/C=C\CCCCCCC(=O)OC(COC(=O)CCCCCCCCCCCCCCCCCCCCCCCCCCCCCCCCCCCCCCCC)COC(OCC[N+](C)(C)C)C(=O)O. The number of carbonyl (C=O) groups is 3. The molecule has 0 rings (SSSR count). The average molecular weight is 1370 g/mol. The van der Waals surface area contributed by atoms with Crippen molar-refractivity contribution in [3.8, 4) is 0 Å². The number of likely N-dealkylation sites (N-methyl/N-ethyl adjacent to an activating group) is 1. The molecular formula is C89H156NO8+. The minimum Gasteiger partial charge on any atom is -0.477 e. The summed E-state index contributed by atoms with van der Waals surface area (Å²) >= 11 is 0. The summed E-state index contributed by atoms with van der Waals surface area (Å²) in [5.74, 6) is -2.03. The molecule has 564 valence electrons. The van der Waals surface area contributed by atoms with Crippen LogP contribution in [0.15, 0.2) is 122 Å². The maximum atomic E-state index is 13.0. The monoisotopic (exact) mass is 1370 g/mol. The van der Waals surface area contributed by atoms with Crippen molar-refractivity contribution >= 4 is 17.9 Å². The predicted octanol–water partition coefficient (Wildman–Crippen LogP) is 26.6. The number of aliphatic carboxylic acids is 1. The number of allylic oxidation sites excluding steroid dienone is 20. The van der Waals surface area contributed by atoms with Gasteiger partial charge in [-0.1, -0.05) is 386 Å². The van der Waals surface area contributed by atoms with Crippen LogP contribution >= 0.6 is 0 Å². The van der Waals surface area contributed by atoms with Crippen LogP contribution in [0.2, 0.25) is 0 Å². The minimum absolute atomic E-state index is 0.178. The average Bonchev–Trinajstić information content (AvgIpc) is 1.34. The number of nitrogens with zero attached hydrogens (tertiary/aromatic N) is 1. The Bertz CT molecular complexity index is 2030. The van der Waals surface area contributed by atoms with E-state index >= 15 is 0 Å². The molecule has 0 amide bonds. The van der Waals surface area contributed by atoms with Gasteiger partial charge >= 0.3 is 17.9 Å². The molecule has 0 heterocycles. The maximum absolute atomic E-state index is 13.0. The second-order valence-electron chi connectivity index (χ2n) is 28.7. The summed E-state index contributed by atoms with van der Waals surface area (Å²) in [5, 5.41) is 9.77. The van der Waals surface area contributed by atoms with E-state index in [1.54, 1.807) is 0 Å². The van der Waals surface area contributed by atoms with Crippen LogP contribution in [0, 0.1) is 0 Å². The van der Waals surface area contributed by atoms with Gasteiger partial charge in [-0.2, -0.15) is 0 Å². The predicted molar refractivity (Wildman–Crippen MR) is 424 cm³/mol. The van der Waals surface area contributed by atoms with Crippen molar-refractivity contribution in [2.75, 3.05) is 47.5 Å². The van der Waals surface area contributed by atoms with Crippen molar-refractivity contribution in [3.05, 3.63) is 122 Å². The quantitative estimate of drug-likeness (QED) is 0.0211. The van der Waals surface area contributed by atoms with Crippen molar-refractivity contribution in [1.29, 1.82) is 0 Å². The van der Waals surface area contributed by atoms with Crippen LogP contribution in [0.25, 0.3) is 0 Å². The highest BCUT2D eigenvalue weighted by Crippen LogP contribution is 2.19. The molecule has 0 aliphatic carbocycles. The lowest BCUT2D eigenvalue weighted by Crippen LogP contribution is -2.40. The summed E-state index contributed by atoms with van der Waals surface area (Å²) in [4.78, 5) is 37.7. The first-order valence-corrected chi connectivity index (χ1v) is 41.2. The molecule has 98 heavy (non-hydrogen) atoms. The number of rotatable bonds is 76. The molecule has 0 saturated heterocycles. The Balaban J connectivity index is 4.07. The van der Waals surface area contributed by atoms with Gasteiger partial charge in [0.15, 0.2) is 6.10 Å². The summed E-state index contributed by atoms with van der Waals surface area (Å²) in [5.41, 5.74) is 0. The molecule has 9 heteroatoms. The Kier molecular flexibility index (Phi) is 75.0. The number of carbonyl (C=O) groups excluding carboxylic acids is 2. The molecule has 0 aliphatic rings. The highest BCUT2D eigenvalue weighted by Gasteiger charge is 2.25. The number of carboxylic acids is 1. The van der Waals surface area contributed by atoms with E-state index in [0.717, 1.165) is 109 Å².